The van der Waals surface area contributed by atoms with Crippen molar-refractivity contribution >= 4 is 22.4 Å². The Kier molecular flexibility index (Phi) is 7.50. The average molecular weight is 273 g/mol. The highest BCUT2D eigenvalue weighted by Crippen LogP contribution is 2.11. The molecular weight excluding hydrogens is 252 g/mol. The van der Waals surface area contributed by atoms with Gasteiger partial charge in [0, 0.05) is 13.2 Å². The fraction of sp³-hybridized carbons (Fsp3) is 1.00. The van der Waals surface area contributed by atoms with E-state index < -0.39 is 10.0 Å². The van der Waals surface area contributed by atoms with Crippen molar-refractivity contribution < 1.29 is 13.2 Å². The van der Waals surface area contributed by atoms with Gasteiger partial charge in [0.2, 0.25) is 10.0 Å². The number of rotatable bonds is 5. The number of nitrogens with one attached hydrogen (secondary N) is 2. The van der Waals surface area contributed by atoms with Gasteiger partial charge < -0.3 is 10.1 Å². The van der Waals surface area contributed by atoms with Gasteiger partial charge in [-0.2, -0.15) is 0 Å². The summed E-state index contributed by atoms with van der Waals surface area (Å²) in [4.78, 5) is 0. The van der Waals surface area contributed by atoms with Crippen LogP contribution in [0.1, 0.15) is 13.3 Å². The van der Waals surface area contributed by atoms with Crippen LogP contribution in [0, 0.1) is 5.92 Å². The molecule has 2 unspecified atom stereocenters. The van der Waals surface area contributed by atoms with Crippen LogP contribution in [0.25, 0.3) is 0 Å². The molecule has 5 nitrogen and oxygen atoms in total. The summed E-state index contributed by atoms with van der Waals surface area (Å²) >= 11 is 0. The number of ether oxygens (including phenoxy) is 1. The topological polar surface area (TPSA) is 67.4 Å². The molecule has 0 bridgehead atoms. The van der Waals surface area contributed by atoms with Gasteiger partial charge in [-0.05, 0) is 25.4 Å². The zero-order valence-corrected chi connectivity index (χ0v) is 11.4. The van der Waals surface area contributed by atoms with E-state index in [1.165, 1.54) is 7.11 Å². The summed E-state index contributed by atoms with van der Waals surface area (Å²) in [6.07, 6.45) is 0.855. The van der Waals surface area contributed by atoms with Gasteiger partial charge in [-0.15, -0.1) is 12.4 Å². The maximum Gasteiger partial charge on any atom is 0.214 e. The maximum absolute atomic E-state index is 11.6. The van der Waals surface area contributed by atoms with Crippen LogP contribution in [-0.2, 0) is 14.8 Å². The molecule has 1 rings (SSSR count). The lowest BCUT2D eigenvalue weighted by Crippen LogP contribution is -2.49. The van der Waals surface area contributed by atoms with Gasteiger partial charge in [0.05, 0.1) is 12.4 Å². The lowest BCUT2D eigenvalue weighted by atomic mass is 9.97. The Balaban J connectivity index is 0.00000225. The van der Waals surface area contributed by atoms with Gasteiger partial charge >= 0.3 is 0 Å². The van der Waals surface area contributed by atoms with Crippen molar-refractivity contribution in [2.45, 2.75) is 19.4 Å². The smallest absolute Gasteiger partial charge is 0.214 e. The van der Waals surface area contributed by atoms with E-state index in [1.54, 1.807) is 0 Å². The van der Waals surface area contributed by atoms with Crippen LogP contribution in [0.2, 0.25) is 0 Å². The predicted octanol–water partition coefficient (Wildman–Crippen LogP) is -0.0280. The molecule has 1 aliphatic heterocycles. The molecule has 0 saturated carbocycles. The third kappa shape index (κ3) is 5.45. The van der Waals surface area contributed by atoms with Gasteiger partial charge in [0.15, 0.2) is 0 Å². The van der Waals surface area contributed by atoms with E-state index >= 15 is 0 Å². The first kappa shape index (κ1) is 16.1. The average Bonchev–Trinajstić information content (AvgIpc) is 2.18. The first-order chi connectivity index (χ1) is 7.05. The first-order valence-electron chi connectivity index (χ1n) is 5.25. The molecule has 0 amide bonds. The molecule has 0 aliphatic carbocycles. The summed E-state index contributed by atoms with van der Waals surface area (Å²) in [6, 6.07) is 0.0631. The molecule has 1 aliphatic rings. The third-order valence-corrected chi connectivity index (χ3v) is 4.04. The van der Waals surface area contributed by atoms with Crippen LogP contribution in [0.3, 0.4) is 0 Å². The number of hydrogen-bond donors (Lipinski definition) is 2. The molecule has 7 heteroatoms. The SMILES string of the molecule is COCCS(=O)(=O)NC1CCNCC1C.Cl. The Labute approximate surface area is 104 Å². The van der Waals surface area contributed by atoms with Crippen molar-refractivity contribution in [2.75, 3.05) is 32.6 Å². The molecule has 2 N–H and O–H groups in total. The van der Waals surface area contributed by atoms with Crippen LogP contribution in [0.15, 0.2) is 0 Å². The Morgan fingerprint density at radius 3 is 2.75 bits per heavy atom. The Morgan fingerprint density at radius 2 is 2.19 bits per heavy atom. The minimum absolute atomic E-state index is 0. The zero-order chi connectivity index (χ0) is 11.3. The Bertz CT molecular complexity index is 284. The number of halogens is 1. The van der Waals surface area contributed by atoms with E-state index in [2.05, 4.69) is 17.0 Å². The maximum atomic E-state index is 11.6. The van der Waals surface area contributed by atoms with Crippen molar-refractivity contribution in [3.05, 3.63) is 0 Å². The Hall–Kier alpha value is 0.120. The van der Waals surface area contributed by atoms with Crippen molar-refractivity contribution in [2.24, 2.45) is 5.92 Å². The highest BCUT2D eigenvalue weighted by atomic mass is 35.5. The second kappa shape index (κ2) is 7.45. The molecule has 0 aromatic rings. The van der Waals surface area contributed by atoms with Crippen LogP contribution in [0.5, 0.6) is 0 Å². The molecule has 0 aromatic heterocycles. The van der Waals surface area contributed by atoms with E-state index in [1.807, 2.05) is 0 Å². The molecular formula is C9H21ClN2O3S. The van der Waals surface area contributed by atoms with Crippen molar-refractivity contribution in [1.29, 1.82) is 0 Å². The van der Waals surface area contributed by atoms with E-state index in [-0.39, 0.29) is 30.8 Å². The van der Waals surface area contributed by atoms with Gasteiger partial charge in [0.25, 0.3) is 0 Å². The lowest BCUT2D eigenvalue weighted by molar-refractivity contribution is 0.216. The summed E-state index contributed by atoms with van der Waals surface area (Å²) in [5, 5.41) is 3.23. The summed E-state index contributed by atoms with van der Waals surface area (Å²) in [7, 11) is -1.68. The summed E-state index contributed by atoms with van der Waals surface area (Å²) < 4.78 is 30.7. The molecule has 98 valence electrons. The summed E-state index contributed by atoms with van der Waals surface area (Å²) in [5.41, 5.74) is 0. The third-order valence-electron chi connectivity index (χ3n) is 2.67. The summed E-state index contributed by atoms with van der Waals surface area (Å²) in [6.45, 7) is 4.05. The summed E-state index contributed by atoms with van der Waals surface area (Å²) in [5.74, 6) is 0.385. The lowest BCUT2D eigenvalue weighted by Gasteiger charge is -2.29. The van der Waals surface area contributed by atoms with E-state index in [4.69, 9.17) is 4.74 Å². The number of methoxy groups -OCH3 is 1. The molecule has 0 radical (unpaired) electrons. The van der Waals surface area contributed by atoms with E-state index in [0.29, 0.717) is 5.92 Å². The van der Waals surface area contributed by atoms with Crippen molar-refractivity contribution in [3.8, 4) is 0 Å². The van der Waals surface area contributed by atoms with Crippen molar-refractivity contribution in [3.63, 3.8) is 0 Å². The quantitative estimate of drug-likeness (QED) is 0.738. The van der Waals surface area contributed by atoms with Crippen LogP contribution < -0.4 is 10.0 Å². The molecule has 1 heterocycles. The molecule has 0 aromatic carbocycles. The first-order valence-corrected chi connectivity index (χ1v) is 6.90. The molecule has 16 heavy (non-hydrogen) atoms. The fourth-order valence-electron chi connectivity index (χ4n) is 1.67. The van der Waals surface area contributed by atoms with E-state index in [0.717, 1.165) is 19.5 Å². The highest BCUT2D eigenvalue weighted by molar-refractivity contribution is 7.89. The molecule has 1 saturated heterocycles. The zero-order valence-electron chi connectivity index (χ0n) is 9.73. The van der Waals surface area contributed by atoms with Crippen LogP contribution in [0.4, 0.5) is 0 Å². The normalized spacial score (nSPS) is 26.1. The molecule has 2 atom stereocenters. The van der Waals surface area contributed by atoms with Gasteiger partial charge in [0.1, 0.15) is 0 Å². The van der Waals surface area contributed by atoms with Crippen molar-refractivity contribution in [1.82, 2.24) is 10.0 Å². The second-order valence-corrected chi connectivity index (χ2v) is 5.88. The fourth-order valence-corrected chi connectivity index (χ4v) is 2.99. The number of sulfonamides is 1. The highest BCUT2D eigenvalue weighted by Gasteiger charge is 2.25. The van der Waals surface area contributed by atoms with Crippen LogP contribution in [-0.4, -0.2) is 47.0 Å². The number of piperidine rings is 1. The van der Waals surface area contributed by atoms with Gasteiger partial charge in [-0.1, -0.05) is 6.92 Å². The van der Waals surface area contributed by atoms with Gasteiger partial charge in [-0.3, -0.25) is 0 Å². The second-order valence-electron chi connectivity index (χ2n) is 4.01. The number of hydrogen-bond acceptors (Lipinski definition) is 4. The minimum atomic E-state index is -3.18. The standard InChI is InChI=1S/C9H20N2O3S.ClH/c1-8-7-10-4-3-9(8)11-15(12,13)6-5-14-2;/h8-11H,3-7H2,1-2H3;1H. The predicted molar refractivity (Wildman–Crippen MR) is 66.5 cm³/mol. The minimum Gasteiger partial charge on any atom is -0.384 e. The monoisotopic (exact) mass is 272 g/mol. The Morgan fingerprint density at radius 1 is 1.50 bits per heavy atom. The molecule has 0 spiro atoms. The van der Waals surface area contributed by atoms with Gasteiger partial charge in [-0.25, -0.2) is 13.1 Å². The van der Waals surface area contributed by atoms with E-state index in [9.17, 15) is 8.42 Å². The van der Waals surface area contributed by atoms with Crippen LogP contribution >= 0.6 is 12.4 Å². The largest absolute Gasteiger partial charge is 0.384 e. The molecule has 1 fully saturated rings.